The van der Waals surface area contributed by atoms with E-state index >= 15 is 0 Å². The zero-order chi connectivity index (χ0) is 10.6. The van der Waals surface area contributed by atoms with Crippen LogP contribution in [0.25, 0.3) is 0 Å². The van der Waals surface area contributed by atoms with Crippen LogP contribution in [0.2, 0.25) is 0 Å². The molecule has 0 N–H and O–H groups in total. The summed E-state index contributed by atoms with van der Waals surface area (Å²) in [5.74, 6) is -0.113. The highest BCUT2D eigenvalue weighted by atomic mass is 79.9. The van der Waals surface area contributed by atoms with Gasteiger partial charge in [0.05, 0.1) is 5.88 Å². The predicted molar refractivity (Wildman–Crippen MR) is 59.0 cm³/mol. The minimum atomic E-state index is -0.0899. The highest BCUT2D eigenvalue weighted by Crippen LogP contribution is 2.19. The Morgan fingerprint density at radius 3 is 2.79 bits per heavy atom. The molecular weight excluding hydrogens is 267 g/mol. The first kappa shape index (κ1) is 11.4. The summed E-state index contributed by atoms with van der Waals surface area (Å²) >= 11 is 8.63. The molecule has 1 aromatic carbocycles. The monoisotopic (exact) mass is 274 g/mol. The van der Waals surface area contributed by atoms with Crippen molar-refractivity contribution in [2.45, 2.75) is 6.42 Å². The molecule has 74 valence electrons. The molecule has 0 aliphatic rings. The summed E-state index contributed by atoms with van der Waals surface area (Å²) < 4.78 is 0.701. The number of hydrogen-bond donors (Lipinski definition) is 0. The number of hydrogen-bond acceptors (Lipinski definition) is 2. The average molecular weight is 276 g/mol. The van der Waals surface area contributed by atoms with E-state index in [2.05, 4.69) is 15.9 Å². The van der Waals surface area contributed by atoms with Crippen LogP contribution in [0.4, 0.5) is 0 Å². The van der Waals surface area contributed by atoms with Crippen molar-refractivity contribution in [3.05, 3.63) is 33.8 Å². The van der Waals surface area contributed by atoms with Gasteiger partial charge in [-0.2, -0.15) is 0 Å². The predicted octanol–water partition coefficient (Wildman–Crippen LogP) is 2.61. The lowest BCUT2D eigenvalue weighted by Gasteiger charge is -2.04. The van der Waals surface area contributed by atoms with Gasteiger partial charge in [-0.1, -0.05) is 28.1 Å². The van der Waals surface area contributed by atoms with Gasteiger partial charge in [0.15, 0.2) is 12.1 Å². The zero-order valence-corrected chi connectivity index (χ0v) is 9.64. The fourth-order valence-corrected chi connectivity index (χ4v) is 1.72. The van der Waals surface area contributed by atoms with E-state index in [1.165, 1.54) is 0 Å². The Morgan fingerprint density at radius 1 is 1.50 bits per heavy atom. The first-order valence-electron chi connectivity index (χ1n) is 3.99. The number of ketones is 1. The summed E-state index contributed by atoms with van der Waals surface area (Å²) in [4.78, 5) is 21.8. The lowest BCUT2D eigenvalue weighted by Crippen LogP contribution is -2.06. The lowest BCUT2D eigenvalue weighted by molar-refractivity contribution is -0.116. The van der Waals surface area contributed by atoms with Gasteiger partial charge in [-0.25, -0.2) is 0 Å². The van der Waals surface area contributed by atoms with Crippen LogP contribution in [0.3, 0.4) is 0 Å². The van der Waals surface area contributed by atoms with E-state index in [-0.39, 0.29) is 18.1 Å². The molecule has 0 saturated carbocycles. The van der Waals surface area contributed by atoms with Crippen LogP contribution in [-0.4, -0.2) is 17.9 Å². The Balaban J connectivity index is 3.02. The number of carbonyl (C=O) groups excluding carboxylic acids is 2. The highest BCUT2D eigenvalue weighted by molar-refractivity contribution is 9.10. The topological polar surface area (TPSA) is 34.1 Å². The van der Waals surface area contributed by atoms with E-state index in [4.69, 9.17) is 11.6 Å². The third kappa shape index (κ3) is 2.66. The van der Waals surface area contributed by atoms with Gasteiger partial charge in [-0.05, 0) is 11.6 Å². The molecule has 0 aliphatic carbocycles. The van der Waals surface area contributed by atoms with Gasteiger partial charge >= 0.3 is 0 Å². The number of rotatable bonds is 4. The van der Waals surface area contributed by atoms with Crippen LogP contribution < -0.4 is 0 Å². The smallest absolute Gasteiger partial charge is 0.151 e. The van der Waals surface area contributed by atoms with Gasteiger partial charge in [0.25, 0.3) is 0 Å². The third-order valence-electron chi connectivity index (χ3n) is 1.80. The van der Waals surface area contributed by atoms with E-state index in [9.17, 15) is 9.59 Å². The van der Waals surface area contributed by atoms with Gasteiger partial charge in [-0.3, -0.25) is 9.59 Å². The molecule has 2 nitrogen and oxygen atoms in total. The second-order valence-corrected chi connectivity index (χ2v) is 3.90. The van der Waals surface area contributed by atoms with Crippen molar-refractivity contribution in [3.63, 3.8) is 0 Å². The molecule has 1 aromatic rings. The molecule has 14 heavy (non-hydrogen) atoms. The zero-order valence-electron chi connectivity index (χ0n) is 7.30. The van der Waals surface area contributed by atoms with E-state index in [0.717, 1.165) is 6.29 Å². The molecule has 0 spiro atoms. The van der Waals surface area contributed by atoms with Crippen LogP contribution >= 0.6 is 27.5 Å². The summed E-state index contributed by atoms with van der Waals surface area (Å²) in [6, 6.07) is 5.30. The molecule has 0 aromatic heterocycles. The summed E-state index contributed by atoms with van der Waals surface area (Å²) in [7, 11) is 0. The maximum atomic E-state index is 11.1. The van der Waals surface area contributed by atoms with Crippen molar-refractivity contribution >= 4 is 39.6 Å². The molecule has 0 saturated heterocycles. The van der Waals surface area contributed by atoms with Crippen LogP contribution in [0.15, 0.2) is 22.7 Å². The van der Waals surface area contributed by atoms with Crippen molar-refractivity contribution in [2.24, 2.45) is 0 Å². The van der Waals surface area contributed by atoms with Crippen LogP contribution in [0.5, 0.6) is 0 Å². The van der Waals surface area contributed by atoms with Crippen molar-refractivity contribution in [2.75, 3.05) is 5.88 Å². The van der Waals surface area contributed by atoms with Crippen LogP contribution in [0.1, 0.15) is 15.9 Å². The van der Waals surface area contributed by atoms with Crippen LogP contribution in [-0.2, 0) is 11.2 Å². The van der Waals surface area contributed by atoms with E-state index in [1.54, 1.807) is 18.2 Å². The number of benzene rings is 1. The number of Topliss-reactive ketones (excluding diaryl/α,β-unsaturated/α-hetero) is 1. The molecule has 0 atom stereocenters. The van der Waals surface area contributed by atoms with Gasteiger partial charge in [0, 0.05) is 16.5 Å². The molecule has 0 bridgehead atoms. The van der Waals surface area contributed by atoms with Crippen molar-refractivity contribution in [1.82, 2.24) is 0 Å². The Kier molecular flexibility index (Phi) is 4.29. The fraction of sp³-hybridized carbons (Fsp3) is 0.200. The second-order valence-electron chi connectivity index (χ2n) is 2.78. The van der Waals surface area contributed by atoms with E-state index in [0.29, 0.717) is 15.6 Å². The minimum absolute atomic E-state index is 0.0230. The number of carbonyl (C=O) groups is 2. The van der Waals surface area contributed by atoms with Gasteiger partial charge in [-0.15, -0.1) is 11.6 Å². The molecule has 1 rings (SSSR count). The molecule has 0 aliphatic heterocycles. The molecule has 0 fully saturated rings. The van der Waals surface area contributed by atoms with Crippen LogP contribution in [0, 0.1) is 0 Å². The Labute approximate surface area is 95.4 Å². The van der Waals surface area contributed by atoms with E-state index in [1.807, 2.05) is 0 Å². The molecule has 0 unspecified atom stereocenters. The first-order chi connectivity index (χ1) is 6.69. The summed E-state index contributed by atoms with van der Waals surface area (Å²) in [5, 5.41) is 0. The molecule has 0 radical (unpaired) electrons. The minimum Gasteiger partial charge on any atom is -0.298 e. The fourth-order valence-electron chi connectivity index (χ4n) is 1.13. The Morgan fingerprint density at radius 2 is 2.21 bits per heavy atom. The summed E-state index contributed by atoms with van der Waals surface area (Å²) in [6.45, 7) is 0. The van der Waals surface area contributed by atoms with Crippen molar-refractivity contribution < 1.29 is 9.59 Å². The largest absolute Gasteiger partial charge is 0.298 e. The average Bonchev–Trinajstić information content (AvgIpc) is 2.18. The van der Waals surface area contributed by atoms with Crippen molar-refractivity contribution in [3.8, 4) is 0 Å². The molecular formula is C10H8BrClO2. The van der Waals surface area contributed by atoms with E-state index < -0.39 is 0 Å². The number of halogens is 2. The second kappa shape index (κ2) is 5.27. The quantitative estimate of drug-likeness (QED) is 0.625. The first-order valence-corrected chi connectivity index (χ1v) is 5.32. The standard InChI is InChI=1S/C10H8BrClO2/c11-10-3-1-2-7(9(10)6-13)4-8(14)5-12/h1-3,6H,4-5H2. The molecule has 4 heteroatoms. The van der Waals surface area contributed by atoms with Gasteiger partial charge in [0.1, 0.15) is 0 Å². The SMILES string of the molecule is O=Cc1c(Br)cccc1CC(=O)CCl. The number of alkyl halides is 1. The summed E-state index contributed by atoms with van der Waals surface area (Å²) in [6.07, 6.45) is 0.942. The van der Waals surface area contributed by atoms with Gasteiger partial charge < -0.3 is 0 Å². The van der Waals surface area contributed by atoms with Crippen molar-refractivity contribution in [1.29, 1.82) is 0 Å². The number of aldehydes is 1. The summed E-state index contributed by atoms with van der Waals surface area (Å²) in [5.41, 5.74) is 1.23. The Hall–Kier alpha value is -0.670. The maximum absolute atomic E-state index is 11.1. The highest BCUT2D eigenvalue weighted by Gasteiger charge is 2.08. The van der Waals surface area contributed by atoms with Gasteiger partial charge in [0.2, 0.25) is 0 Å². The third-order valence-corrected chi connectivity index (χ3v) is 2.79. The molecule has 0 amide bonds. The normalized spacial score (nSPS) is 9.86. The Bertz CT molecular complexity index is 363. The molecule has 0 heterocycles. The lowest BCUT2D eigenvalue weighted by atomic mass is 10.0. The maximum Gasteiger partial charge on any atom is 0.151 e.